The SMILES string of the molecule is COc1ccc(Br)c(CC2CCN(CCc3cccc(CO)c3)CC2)c1. The first-order chi connectivity index (χ1) is 12.7. The third-order valence-electron chi connectivity index (χ3n) is 5.36. The molecule has 1 heterocycles. The van der Waals surface area contributed by atoms with Crippen LogP contribution in [0.1, 0.15) is 29.5 Å². The van der Waals surface area contributed by atoms with E-state index < -0.39 is 0 Å². The van der Waals surface area contributed by atoms with E-state index in [9.17, 15) is 5.11 Å². The van der Waals surface area contributed by atoms with E-state index in [4.69, 9.17) is 4.74 Å². The van der Waals surface area contributed by atoms with E-state index in [1.165, 1.54) is 41.5 Å². The molecule has 140 valence electrons. The van der Waals surface area contributed by atoms with Crippen LogP contribution in [0.25, 0.3) is 0 Å². The Balaban J connectivity index is 1.47. The first-order valence-electron chi connectivity index (χ1n) is 9.41. The molecule has 1 aliphatic heterocycles. The second kappa shape index (κ2) is 9.54. The molecule has 1 N–H and O–H groups in total. The van der Waals surface area contributed by atoms with Crippen LogP contribution in [-0.4, -0.2) is 36.8 Å². The van der Waals surface area contributed by atoms with Crippen molar-refractivity contribution in [2.75, 3.05) is 26.7 Å². The molecule has 26 heavy (non-hydrogen) atoms. The van der Waals surface area contributed by atoms with Gasteiger partial charge in [-0.2, -0.15) is 0 Å². The van der Waals surface area contributed by atoms with Crippen molar-refractivity contribution in [3.63, 3.8) is 0 Å². The molecule has 0 spiro atoms. The number of aliphatic hydroxyl groups is 1. The normalized spacial score (nSPS) is 16.0. The first-order valence-corrected chi connectivity index (χ1v) is 10.2. The van der Waals surface area contributed by atoms with Gasteiger partial charge >= 0.3 is 0 Å². The maximum absolute atomic E-state index is 9.26. The maximum Gasteiger partial charge on any atom is 0.119 e. The number of aliphatic hydroxyl groups excluding tert-OH is 1. The molecule has 0 atom stereocenters. The lowest BCUT2D eigenvalue weighted by atomic mass is 9.90. The standard InChI is InChI=1S/C22H28BrNO2/c1-26-21-5-6-22(23)20(15-21)14-18-8-11-24(12-9-18)10-7-17-3-2-4-19(13-17)16-25/h2-6,13,15,18,25H,7-12,14,16H2,1H3. The van der Waals surface area contributed by atoms with Crippen LogP contribution in [0.3, 0.4) is 0 Å². The lowest BCUT2D eigenvalue weighted by Gasteiger charge is -2.32. The molecule has 0 amide bonds. The van der Waals surface area contributed by atoms with Crippen molar-refractivity contribution in [2.24, 2.45) is 5.92 Å². The van der Waals surface area contributed by atoms with Crippen LogP contribution in [0.15, 0.2) is 46.9 Å². The third-order valence-corrected chi connectivity index (χ3v) is 6.13. The third kappa shape index (κ3) is 5.32. The van der Waals surface area contributed by atoms with Crippen LogP contribution in [0, 0.1) is 5.92 Å². The highest BCUT2D eigenvalue weighted by atomic mass is 79.9. The lowest BCUT2D eigenvalue weighted by Crippen LogP contribution is -2.35. The summed E-state index contributed by atoms with van der Waals surface area (Å²) in [6.45, 7) is 3.57. The second-order valence-corrected chi connectivity index (χ2v) is 8.03. The molecular formula is C22H28BrNO2. The van der Waals surface area contributed by atoms with E-state index in [0.29, 0.717) is 0 Å². The molecule has 1 saturated heterocycles. The summed E-state index contributed by atoms with van der Waals surface area (Å²) in [5, 5.41) is 9.26. The molecule has 0 unspecified atom stereocenters. The summed E-state index contributed by atoms with van der Waals surface area (Å²) in [6, 6.07) is 14.5. The van der Waals surface area contributed by atoms with Gasteiger partial charge in [0.2, 0.25) is 0 Å². The van der Waals surface area contributed by atoms with Crippen LogP contribution in [0.5, 0.6) is 5.75 Å². The van der Waals surface area contributed by atoms with E-state index in [2.05, 4.69) is 45.1 Å². The number of hydrogen-bond acceptors (Lipinski definition) is 3. The zero-order chi connectivity index (χ0) is 18.4. The molecule has 0 bridgehead atoms. The fraction of sp³-hybridized carbons (Fsp3) is 0.455. The Morgan fingerprint density at radius 1 is 1.12 bits per heavy atom. The molecule has 1 fully saturated rings. The number of ether oxygens (including phenoxy) is 1. The van der Waals surface area contributed by atoms with Crippen molar-refractivity contribution in [3.05, 3.63) is 63.6 Å². The van der Waals surface area contributed by atoms with Gasteiger partial charge in [-0.05, 0) is 79.6 Å². The van der Waals surface area contributed by atoms with Crippen LogP contribution in [-0.2, 0) is 19.4 Å². The largest absolute Gasteiger partial charge is 0.497 e. The Hall–Kier alpha value is -1.36. The van der Waals surface area contributed by atoms with Crippen molar-refractivity contribution in [2.45, 2.75) is 32.3 Å². The zero-order valence-corrected chi connectivity index (χ0v) is 17.0. The Kier molecular flexibility index (Phi) is 7.12. The van der Waals surface area contributed by atoms with Gasteiger partial charge in [-0.25, -0.2) is 0 Å². The molecule has 0 radical (unpaired) electrons. The zero-order valence-electron chi connectivity index (χ0n) is 15.5. The van der Waals surface area contributed by atoms with Gasteiger partial charge in [-0.1, -0.05) is 40.2 Å². The number of halogens is 1. The van der Waals surface area contributed by atoms with E-state index in [-0.39, 0.29) is 6.61 Å². The van der Waals surface area contributed by atoms with Crippen LogP contribution in [0.2, 0.25) is 0 Å². The summed E-state index contributed by atoms with van der Waals surface area (Å²) in [7, 11) is 1.72. The van der Waals surface area contributed by atoms with Gasteiger partial charge in [0, 0.05) is 11.0 Å². The Morgan fingerprint density at radius 2 is 1.88 bits per heavy atom. The van der Waals surface area contributed by atoms with Gasteiger partial charge in [-0.3, -0.25) is 0 Å². The molecule has 1 aliphatic rings. The summed E-state index contributed by atoms with van der Waals surface area (Å²) in [5.74, 6) is 1.68. The fourth-order valence-corrected chi connectivity index (χ4v) is 4.14. The van der Waals surface area contributed by atoms with E-state index in [1.54, 1.807) is 7.11 Å². The van der Waals surface area contributed by atoms with Gasteiger partial charge < -0.3 is 14.7 Å². The summed E-state index contributed by atoms with van der Waals surface area (Å²) in [4.78, 5) is 2.57. The van der Waals surface area contributed by atoms with Crippen molar-refractivity contribution in [3.8, 4) is 5.75 Å². The molecule has 3 rings (SSSR count). The number of nitrogens with zero attached hydrogens (tertiary/aromatic N) is 1. The van der Waals surface area contributed by atoms with Crippen LogP contribution in [0.4, 0.5) is 0 Å². The van der Waals surface area contributed by atoms with Crippen molar-refractivity contribution in [1.82, 2.24) is 4.90 Å². The molecule has 0 aromatic heterocycles. The summed E-state index contributed by atoms with van der Waals surface area (Å²) >= 11 is 3.68. The van der Waals surface area contributed by atoms with E-state index in [1.807, 2.05) is 18.2 Å². The van der Waals surface area contributed by atoms with Gasteiger partial charge in [0.1, 0.15) is 5.75 Å². The van der Waals surface area contributed by atoms with Crippen molar-refractivity contribution in [1.29, 1.82) is 0 Å². The number of likely N-dealkylation sites (tertiary alicyclic amines) is 1. The van der Waals surface area contributed by atoms with Crippen LogP contribution < -0.4 is 4.74 Å². The average molecular weight is 418 g/mol. The Morgan fingerprint density at radius 3 is 2.62 bits per heavy atom. The highest BCUT2D eigenvalue weighted by Gasteiger charge is 2.20. The second-order valence-electron chi connectivity index (χ2n) is 7.17. The minimum atomic E-state index is 0.124. The highest BCUT2D eigenvalue weighted by molar-refractivity contribution is 9.10. The monoisotopic (exact) mass is 417 g/mol. The van der Waals surface area contributed by atoms with E-state index in [0.717, 1.165) is 36.6 Å². The number of benzene rings is 2. The Bertz CT molecular complexity index is 711. The number of rotatable bonds is 7. The number of methoxy groups -OCH3 is 1. The minimum Gasteiger partial charge on any atom is -0.497 e. The molecule has 2 aromatic rings. The smallest absolute Gasteiger partial charge is 0.119 e. The molecular weight excluding hydrogens is 390 g/mol. The number of piperidine rings is 1. The van der Waals surface area contributed by atoms with Gasteiger partial charge in [0.15, 0.2) is 0 Å². The summed E-state index contributed by atoms with van der Waals surface area (Å²) in [6.07, 6.45) is 4.67. The van der Waals surface area contributed by atoms with Gasteiger partial charge in [0.05, 0.1) is 13.7 Å². The topological polar surface area (TPSA) is 32.7 Å². The molecule has 2 aromatic carbocycles. The van der Waals surface area contributed by atoms with Crippen molar-refractivity contribution >= 4 is 15.9 Å². The molecule has 0 saturated carbocycles. The molecule has 3 nitrogen and oxygen atoms in total. The molecule has 4 heteroatoms. The average Bonchev–Trinajstić information content (AvgIpc) is 2.69. The predicted molar refractivity (Wildman–Crippen MR) is 110 cm³/mol. The van der Waals surface area contributed by atoms with Crippen LogP contribution >= 0.6 is 15.9 Å². The summed E-state index contributed by atoms with van der Waals surface area (Å²) < 4.78 is 6.55. The number of hydrogen-bond donors (Lipinski definition) is 1. The van der Waals surface area contributed by atoms with Gasteiger partial charge in [0.25, 0.3) is 0 Å². The quantitative estimate of drug-likeness (QED) is 0.722. The van der Waals surface area contributed by atoms with Gasteiger partial charge in [-0.15, -0.1) is 0 Å². The summed E-state index contributed by atoms with van der Waals surface area (Å²) in [5.41, 5.74) is 3.67. The van der Waals surface area contributed by atoms with E-state index >= 15 is 0 Å². The maximum atomic E-state index is 9.26. The fourth-order valence-electron chi connectivity index (χ4n) is 3.73. The first kappa shape index (κ1) is 19.4. The molecule has 0 aliphatic carbocycles. The highest BCUT2D eigenvalue weighted by Crippen LogP contribution is 2.28. The van der Waals surface area contributed by atoms with Crippen molar-refractivity contribution < 1.29 is 9.84 Å². The Labute approximate surface area is 165 Å². The lowest BCUT2D eigenvalue weighted by molar-refractivity contribution is 0.185. The minimum absolute atomic E-state index is 0.124. The predicted octanol–water partition coefficient (Wildman–Crippen LogP) is 4.45.